The Balaban J connectivity index is 1.90. The Bertz CT molecular complexity index is 1620. The van der Waals surface area contributed by atoms with E-state index in [0.29, 0.717) is 16.3 Å². The average molecular weight is 483 g/mol. The molecule has 0 aliphatic heterocycles. The molecule has 3 aromatic heterocycles. The van der Waals surface area contributed by atoms with Crippen molar-refractivity contribution in [3.05, 3.63) is 75.1 Å². The number of nitrogens with one attached hydrogen (secondary N) is 1. The minimum Gasteiger partial charge on any atom is -0.307 e. The van der Waals surface area contributed by atoms with Gasteiger partial charge in [0.1, 0.15) is 21.7 Å². The summed E-state index contributed by atoms with van der Waals surface area (Å²) in [5.41, 5.74) is 1.20. The van der Waals surface area contributed by atoms with Crippen molar-refractivity contribution in [2.45, 2.75) is 54.9 Å². The fourth-order valence-corrected chi connectivity index (χ4v) is 6.17. The van der Waals surface area contributed by atoms with Crippen LogP contribution in [-0.2, 0) is 9.84 Å². The fraction of sp³-hybridized carbons (Fsp3) is 0.292. The van der Waals surface area contributed by atoms with Crippen LogP contribution in [0, 0.1) is 12.3 Å². The Morgan fingerprint density at radius 3 is 2.45 bits per heavy atom. The average Bonchev–Trinajstić information content (AvgIpc) is 2.80. The lowest BCUT2D eigenvalue weighted by molar-refractivity contribution is 0.347. The number of sulfone groups is 1. The van der Waals surface area contributed by atoms with Crippen LogP contribution in [0.5, 0.6) is 0 Å². The van der Waals surface area contributed by atoms with Crippen LogP contribution in [0.3, 0.4) is 0 Å². The molecule has 1 saturated carbocycles. The summed E-state index contributed by atoms with van der Waals surface area (Å²) in [5, 5.41) is 9.56. The van der Waals surface area contributed by atoms with Gasteiger partial charge in [-0.25, -0.2) is 13.4 Å². The van der Waals surface area contributed by atoms with Crippen LogP contribution in [0.4, 0.5) is 0 Å². The molecule has 0 saturated heterocycles. The summed E-state index contributed by atoms with van der Waals surface area (Å²) in [6.45, 7) is 1.87. The molecule has 0 unspecified atom stereocenters. The third-order valence-electron chi connectivity index (χ3n) is 6.40. The second kappa shape index (κ2) is 8.11. The number of nitrogens with zero attached hydrogens (tertiary/aromatic N) is 3. The van der Waals surface area contributed by atoms with Crippen molar-refractivity contribution < 1.29 is 8.42 Å². The summed E-state index contributed by atoms with van der Waals surface area (Å²) >= 11 is 5.94. The van der Waals surface area contributed by atoms with Gasteiger partial charge in [0.15, 0.2) is 0 Å². The van der Waals surface area contributed by atoms with Crippen molar-refractivity contribution in [2.24, 2.45) is 0 Å². The van der Waals surface area contributed by atoms with Gasteiger partial charge < -0.3 is 4.57 Å². The lowest BCUT2D eigenvalue weighted by atomic mass is 9.95. The molecule has 1 aliphatic rings. The molecule has 5 rings (SSSR count). The van der Waals surface area contributed by atoms with Crippen molar-refractivity contribution in [2.75, 3.05) is 0 Å². The highest BCUT2D eigenvalue weighted by atomic mass is 35.5. The van der Waals surface area contributed by atoms with Crippen molar-refractivity contribution >= 4 is 38.1 Å². The zero-order valence-electron chi connectivity index (χ0n) is 18.1. The molecular formula is C24H23ClN4O3S. The molecule has 0 radical (unpaired) electrons. The van der Waals surface area contributed by atoms with Crippen LogP contribution in [0.15, 0.2) is 63.2 Å². The molecule has 170 valence electrons. The molecule has 1 fully saturated rings. The summed E-state index contributed by atoms with van der Waals surface area (Å²) in [4.78, 5) is 18.1. The third-order valence-corrected chi connectivity index (χ3v) is 8.43. The van der Waals surface area contributed by atoms with Gasteiger partial charge >= 0.3 is 0 Å². The maximum absolute atomic E-state index is 13.6. The summed E-state index contributed by atoms with van der Waals surface area (Å²) in [7, 11) is -4.06. The summed E-state index contributed by atoms with van der Waals surface area (Å²) < 4.78 is 30.2. The van der Waals surface area contributed by atoms with E-state index in [1.54, 1.807) is 16.8 Å². The Morgan fingerprint density at radius 2 is 1.76 bits per heavy atom. The van der Waals surface area contributed by atoms with Gasteiger partial charge in [-0.1, -0.05) is 36.9 Å². The summed E-state index contributed by atoms with van der Waals surface area (Å²) in [6.07, 6.45) is 6.32. The highest BCUT2D eigenvalue weighted by molar-refractivity contribution is 7.91. The predicted octanol–water partition coefficient (Wildman–Crippen LogP) is 4.43. The Hall–Kier alpha value is -2.97. The van der Waals surface area contributed by atoms with Crippen LogP contribution in [0.1, 0.15) is 43.7 Å². The smallest absolute Gasteiger partial charge is 0.267 e. The zero-order chi connectivity index (χ0) is 23.3. The molecule has 1 aliphatic carbocycles. The van der Waals surface area contributed by atoms with Crippen molar-refractivity contribution in [1.82, 2.24) is 14.0 Å². The molecular weight excluding hydrogens is 460 g/mol. The Morgan fingerprint density at radius 1 is 1.06 bits per heavy atom. The van der Waals surface area contributed by atoms with E-state index < -0.39 is 9.84 Å². The molecule has 4 aromatic rings. The molecule has 33 heavy (non-hydrogen) atoms. The Kier molecular flexibility index (Phi) is 5.37. The second-order valence-corrected chi connectivity index (χ2v) is 10.9. The Labute approximate surface area is 195 Å². The van der Waals surface area contributed by atoms with Crippen LogP contribution < -0.4 is 11.0 Å². The van der Waals surface area contributed by atoms with Crippen molar-refractivity contribution in [3.8, 4) is 0 Å². The highest BCUT2D eigenvalue weighted by Gasteiger charge is 2.27. The van der Waals surface area contributed by atoms with Gasteiger partial charge in [0.25, 0.3) is 5.56 Å². The second-order valence-electron chi connectivity index (χ2n) is 8.52. The lowest BCUT2D eigenvalue weighted by Crippen LogP contribution is -2.33. The van der Waals surface area contributed by atoms with Crippen LogP contribution in [-0.4, -0.2) is 22.4 Å². The van der Waals surface area contributed by atoms with Crippen molar-refractivity contribution in [1.29, 1.82) is 5.41 Å². The number of benzene rings is 1. The van der Waals surface area contributed by atoms with Gasteiger partial charge in [-0.3, -0.25) is 14.6 Å². The van der Waals surface area contributed by atoms with E-state index in [9.17, 15) is 13.2 Å². The third kappa shape index (κ3) is 3.57. The van der Waals surface area contributed by atoms with E-state index in [2.05, 4.69) is 0 Å². The van der Waals surface area contributed by atoms with E-state index in [1.807, 2.05) is 13.0 Å². The fourth-order valence-electron chi connectivity index (χ4n) is 4.67. The molecule has 3 heterocycles. The number of halogens is 1. The first-order chi connectivity index (χ1) is 15.8. The molecule has 0 spiro atoms. The molecule has 0 atom stereocenters. The monoisotopic (exact) mass is 482 g/mol. The number of hydrogen-bond donors (Lipinski definition) is 1. The number of rotatable bonds is 3. The number of pyridine rings is 2. The number of hydrogen-bond acceptors (Lipinski definition) is 5. The van der Waals surface area contributed by atoms with E-state index in [1.165, 1.54) is 34.7 Å². The van der Waals surface area contributed by atoms with Crippen LogP contribution >= 0.6 is 11.6 Å². The van der Waals surface area contributed by atoms with Crippen LogP contribution in [0.25, 0.3) is 16.7 Å². The van der Waals surface area contributed by atoms with Gasteiger partial charge in [-0.15, -0.1) is 0 Å². The minimum atomic E-state index is -4.06. The topological polar surface area (TPSA) is 97.3 Å². The normalized spacial score (nSPS) is 15.3. The first kappa shape index (κ1) is 21.9. The minimum absolute atomic E-state index is 0.0274. The van der Waals surface area contributed by atoms with E-state index in [0.717, 1.165) is 37.7 Å². The number of aryl methyl sites for hydroxylation is 1. The van der Waals surface area contributed by atoms with E-state index in [-0.39, 0.29) is 32.3 Å². The summed E-state index contributed by atoms with van der Waals surface area (Å²) in [5.74, 6) is 0. The first-order valence-electron chi connectivity index (χ1n) is 10.9. The standard InChI is InChI=1S/C24H23ClN4O3S/c1-15-6-5-13-28-22(15)27-23-19(24(28)30)14-20(21(26)29(23)17-7-3-2-4-8-17)33(31,32)18-11-9-16(25)10-12-18/h5-6,9-14,17,26H,2-4,7-8H2,1H3. The molecule has 7 nitrogen and oxygen atoms in total. The van der Waals surface area contributed by atoms with Crippen molar-refractivity contribution in [3.63, 3.8) is 0 Å². The van der Waals surface area contributed by atoms with Gasteiger partial charge in [0.2, 0.25) is 9.84 Å². The first-order valence-corrected chi connectivity index (χ1v) is 12.8. The molecule has 1 aromatic carbocycles. The van der Waals surface area contributed by atoms with Gasteiger partial charge in [0, 0.05) is 17.3 Å². The number of aromatic nitrogens is 3. The lowest BCUT2D eigenvalue weighted by Gasteiger charge is -2.26. The van der Waals surface area contributed by atoms with E-state index in [4.69, 9.17) is 22.0 Å². The SMILES string of the molecule is Cc1cccn2c(=O)c3cc(S(=O)(=O)c4ccc(Cl)cc4)c(=N)n(C4CCCCC4)c3nc12. The summed E-state index contributed by atoms with van der Waals surface area (Å²) in [6, 6.07) is 10.7. The van der Waals surface area contributed by atoms with Gasteiger partial charge in [0.05, 0.1) is 10.3 Å². The zero-order valence-corrected chi connectivity index (χ0v) is 19.7. The largest absolute Gasteiger partial charge is 0.307 e. The highest BCUT2D eigenvalue weighted by Crippen LogP contribution is 2.30. The van der Waals surface area contributed by atoms with E-state index >= 15 is 0 Å². The number of fused-ring (bicyclic) bond motifs is 2. The molecule has 0 amide bonds. The maximum Gasteiger partial charge on any atom is 0.267 e. The molecule has 9 heteroatoms. The molecule has 1 N–H and O–H groups in total. The predicted molar refractivity (Wildman–Crippen MR) is 127 cm³/mol. The van der Waals surface area contributed by atoms with Crippen LogP contribution in [0.2, 0.25) is 5.02 Å². The molecule has 0 bridgehead atoms. The van der Waals surface area contributed by atoms with Gasteiger partial charge in [-0.2, -0.15) is 0 Å². The van der Waals surface area contributed by atoms with Gasteiger partial charge in [-0.05, 0) is 61.7 Å². The maximum atomic E-state index is 13.6. The quantitative estimate of drug-likeness (QED) is 0.437.